The highest BCUT2D eigenvalue weighted by molar-refractivity contribution is 9.10. The van der Waals surface area contributed by atoms with E-state index in [1.54, 1.807) is 0 Å². The maximum Gasteiger partial charge on any atom is 0.0454 e. The molecule has 1 fully saturated rings. The van der Waals surface area contributed by atoms with Gasteiger partial charge in [-0.05, 0) is 30.2 Å². The van der Waals surface area contributed by atoms with Gasteiger partial charge in [0.15, 0.2) is 0 Å². The van der Waals surface area contributed by atoms with Crippen LogP contribution < -0.4 is 5.32 Å². The van der Waals surface area contributed by atoms with Crippen molar-refractivity contribution in [3.8, 4) is 0 Å². The molecule has 1 aromatic carbocycles. The number of hydrogen-bond acceptors (Lipinski definition) is 2. The number of benzene rings is 1. The molecule has 1 saturated heterocycles. The van der Waals surface area contributed by atoms with E-state index in [1.165, 1.54) is 5.56 Å². The van der Waals surface area contributed by atoms with Crippen LogP contribution in [0.5, 0.6) is 0 Å². The molecule has 0 aliphatic carbocycles. The van der Waals surface area contributed by atoms with E-state index in [0.29, 0.717) is 6.04 Å². The van der Waals surface area contributed by atoms with Gasteiger partial charge in [-0.3, -0.25) is 4.90 Å². The SMILES string of the molecule is C=CC[C@@H](c1cc(Br)ccc1Cl)N1CCNCC1. The summed E-state index contributed by atoms with van der Waals surface area (Å²) < 4.78 is 1.08. The van der Waals surface area contributed by atoms with Crippen molar-refractivity contribution in [3.05, 3.63) is 45.9 Å². The van der Waals surface area contributed by atoms with Crippen LogP contribution in [0, 0.1) is 0 Å². The minimum absolute atomic E-state index is 0.328. The fraction of sp³-hybridized carbons (Fsp3) is 0.429. The highest BCUT2D eigenvalue weighted by Crippen LogP contribution is 2.32. The predicted molar refractivity (Wildman–Crippen MR) is 81.1 cm³/mol. The Kier molecular flexibility index (Phi) is 5.25. The molecule has 0 saturated carbocycles. The number of hydrogen-bond donors (Lipinski definition) is 1. The van der Waals surface area contributed by atoms with Crippen molar-refractivity contribution in [2.24, 2.45) is 0 Å². The summed E-state index contributed by atoms with van der Waals surface area (Å²) in [7, 11) is 0. The molecule has 1 N–H and O–H groups in total. The largest absolute Gasteiger partial charge is 0.314 e. The summed E-state index contributed by atoms with van der Waals surface area (Å²) in [6.07, 6.45) is 2.90. The Morgan fingerprint density at radius 1 is 1.44 bits per heavy atom. The third-order valence-corrected chi connectivity index (χ3v) is 4.14. The molecule has 2 rings (SSSR count). The fourth-order valence-corrected chi connectivity index (χ4v) is 3.02. The van der Waals surface area contributed by atoms with E-state index in [2.05, 4.69) is 38.8 Å². The molecule has 0 unspecified atom stereocenters. The first kappa shape index (κ1) is 14.1. The smallest absolute Gasteiger partial charge is 0.0454 e. The lowest BCUT2D eigenvalue weighted by molar-refractivity contribution is 0.174. The number of piperazine rings is 1. The van der Waals surface area contributed by atoms with Crippen molar-refractivity contribution < 1.29 is 0 Å². The first-order valence-electron chi connectivity index (χ1n) is 6.23. The van der Waals surface area contributed by atoms with Crippen LogP contribution in [-0.2, 0) is 0 Å². The second-order valence-electron chi connectivity index (χ2n) is 4.49. The third kappa shape index (κ3) is 3.35. The maximum absolute atomic E-state index is 6.35. The van der Waals surface area contributed by atoms with Gasteiger partial charge in [0.25, 0.3) is 0 Å². The zero-order valence-electron chi connectivity index (χ0n) is 10.3. The summed E-state index contributed by atoms with van der Waals surface area (Å²) in [5.74, 6) is 0. The quantitative estimate of drug-likeness (QED) is 0.849. The molecule has 18 heavy (non-hydrogen) atoms. The predicted octanol–water partition coefficient (Wildman–Crippen LogP) is 3.62. The van der Waals surface area contributed by atoms with Crippen molar-refractivity contribution in [2.45, 2.75) is 12.5 Å². The Morgan fingerprint density at radius 3 is 2.83 bits per heavy atom. The second kappa shape index (κ2) is 6.71. The lowest BCUT2D eigenvalue weighted by Crippen LogP contribution is -2.45. The van der Waals surface area contributed by atoms with Gasteiger partial charge in [-0.1, -0.05) is 33.6 Å². The van der Waals surface area contributed by atoms with Gasteiger partial charge in [-0.25, -0.2) is 0 Å². The van der Waals surface area contributed by atoms with Crippen LogP contribution in [0.25, 0.3) is 0 Å². The summed E-state index contributed by atoms with van der Waals surface area (Å²) in [6.45, 7) is 8.07. The van der Waals surface area contributed by atoms with Gasteiger partial charge in [0.2, 0.25) is 0 Å². The fourth-order valence-electron chi connectivity index (χ4n) is 2.39. The molecule has 1 heterocycles. The zero-order valence-corrected chi connectivity index (χ0v) is 12.7. The van der Waals surface area contributed by atoms with Gasteiger partial charge in [-0.15, -0.1) is 6.58 Å². The van der Waals surface area contributed by atoms with Gasteiger partial charge in [0, 0.05) is 41.7 Å². The Bertz CT molecular complexity index is 416. The molecule has 1 aromatic rings. The monoisotopic (exact) mass is 328 g/mol. The molecular formula is C14H18BrClN2. The van der Waals surface area contributed by atoms with Crippen LogP contribution in [-0.4, -0.2) is 31.1 Å². The van der Waals surface area contributed by atoms with Crippen molar-refractivity contribution in [3.63, 3.8) is 0 Å². The molecule has 4 heteroatoms. The summed E-state index contributed by atoms with van der Waals surface area (Å²) >= 11 is 9.87. The molecule has 1 aliphatic heterocycles. The molecule has 98 valence electrons. The lowest BCUT2D eigenvalue weighted by atomic mass is 10.0. The maximum atomic E-state index is 6.35. The average molecular weight is 330 g/mol. The van der Waals surface area contributed by atoms with E-state index < -0.39 is 0 Å². The first-order valence-corrected chi connectivity index (χ1v) is 7.40. The van der Waals surface area contributed by atoms with Crippen LogP contribution in [0.15, 0.2) is 35.3 Å². The standard InChI is InChI=1S/C14H18BrClN2/c1-2-3-14(18-8-6-17-7-9-18)12-10-11(15)4-5-13(12)16/h2,4-5,10,14,17H,1,3,6-9H2/t14-/m0/s1. The van der Waals surface area contributed by atoms with Crippen LogP contribution in [0.3, 0.4) is 0 Å². The molecule has 0 aromatic heterocycles. The molecule has 0 radical (unpaired) electrons. The van der Waals surface area contributed by atoms with E-state index >= 15 is 0 Å². The lowest BCUT2D eigenvalue weighted by Gasteiger charge is -2.35. The Balaban J connectivity index is 2.27. The van der Waals surface area contributed by atoms with E-state index in [0.717, 1.165) is 42.1 Å². The van der Waals surface area contributed by atoms with Crippen LogP contribution in [0.4, 0.5) is 0 Å². The number of nitrogens with zero attached hydrogens (tertiary/aromatic N) is 1. The van der Waals surface area contributed by atoms with E-state index in [4.69, 9.17) is 11.6 Å². The van der Waals surface area contributed by atoms with Gasteiger partial charge < -0.3 is 5.32 Å². The van der Waals surface area contributed by atoms with E-state index in [9.17, 15) is 0 Å². The summed E-state index contributed by atoms with van der Waals surface area (Å²) in [5, 5.41) is 4.22. The Labute approximate surface area is 122 Å². The number of rotatable bonds is 4. The molecule has 1 atom stereocenters. The van der Waals surface area contributed by atoms with Crippen molar-refractivity contribution in [2.75, 3.05) is 26.2 Å². The first-order chi connectivity index (χ1) is 8.72. The van der Waals surface area contributed by atoms with E-state index in [1.807, 2.05) is 18.2 Å². The van der Waals surface area contributed by atoms with Gasteiger partial charge in [0.1, 0.15) is 0 Å². The number of halogens is 2. The van der Waals surface area contributed by atoms with Gasteiger partial charge in [-0.2, -0.15) is 0 Å². The van der Waals surface area contributed by atoms with Gasteiger partial charge in [0.05, 0.1) is 0 Å². The minimum Gasteiger partial charge on any atom is -0.314 e. The van der Waals surface area contributed by atoms with Gasteiger partial charge >= 0.3 is 0 Å². The topological polar surface area (TPSA) is 15.3 Å². The highest BCUT2D eigenvalue weighted by Gasteiger charge is 2.22. The highest BCUT2D eigenvalue weighted by atomic mass is 79.9. The van der Waals surface area contributed by atoms with Crippen molar-refractivity contribution >= 4 is 27.5 Å². The third-order valence-electron chi connectivity index (χ3n) is 3.30. The summed E-state index contributed by atoms with van der Waals surface area (Å²) in [4.78, 5) is 2.48. The average Bonchev–Trinajstić information content (AvgIpc) is 2.40. The molecule has 0 spiro atoms. The molecule has 0 amide bonds. The van der Waals surface area contributed by atoms with Crippen molar-refractivity contribution in [1.29, 1.82) is 0 Å². The normalized spacial score (nSPS) is 18.6. The Hall–Kier alpha value is -0.350. The zero-order chi connectivity index (χ0) is 13.0. The summed E-state index contributed by atoms with van der Waals surface area (Å²) in [6, 6.07) is 6.39. The van der Waals surface area contributed by atoms with Crippen molar-refractivity contribution in [1.82, 2.24) is 10.2 Å². The summed E-state index contributed by atoms with van der Waals surface area (Å²) in [5.41, 5.74) is 1.19. The Morgan fingerprint density at radius 2 is 2.17 bits per heavy atom. The minimum atomic E-state index is 0.328. The molecule has 1 aliphatic rings. The second-order valence-corrected chi connectivity index (χ2v) is 5.81. The van der Waals surface area contributed by atoms with Crippen LogP contribution >= 0.6 is 27.5 Å². The molecular weight excluding hydrogens is 312 g/mol. The molecule has 2 nitrogen and oxygen atoms in total. The van der Waals surface area contributed by atoms with Crippen LogP contribution in [0.2, 0.25) is 5.02 Å². The molecule has 0 bridgehead atoms. The van der Waals surface area contributed by atoms with E-state index in [-0.39, 0.29) is 0 Å². The van der Waals surface area contributed by atoms with Crippen LogP contribution in [0.1, 0.15) is 18.0 Å². The number of nitrogens with one attached hydrogen (secondary N) is 1.